The molecule has 0 aliphatic rings. The number of halogens is 2. The SMILES string of the molecule is CCOC(=O)C(Cl)(Cl)/S(=N\S(=O)(=O)c1ccccc1)NC(=O)c1ccccc1. The zero-order chi connectivity index (χ0) is 20.8. The molecular formula is C17H16Cl2N2O5S2. The Morgan fingerprint density at radius 3 is 2.14 bits per heavy atom. The normalized spacial score (nSPS) is 13.0. The second-order valence-corrected chi connectivity index (χ2v) is 10.4. The standard InChI is InChI=1S/C17H16Cl2N2O5S2/c1-2-26-16(23)17(18,19)27(20-15(22)13-9-5-3-6-10-13)21-28(24,25)14-11-7-4-8-12-14/h3-12H,2H2,1H3,(H,20,21,22). The van der Waals surface area contributed by atoms with Crippen molar-refractivity contribution in [3.8, 4) is 0 Å². The van der Waals surface area contributed by atoms with Crippen molar-refractivity contribution >= 4 is 56.0 Å². The Bertz CT molecular complexity index is 981. The first-order chi connectivity index (χ1) is 13.2. The number of alkyl halides is 2. The Balaban J connectivity index is 2.50. The average Bonchev–Trinajstić information content (AvgIpc) is 2.68. The number of rotatable bonds is 7. The second-order valence-electron chi connectivity index (χ2n) is 5.18. The summed E-state index contributed by atoms with van der Waals surface area (Å²) in [7, 11) is -6.45. The van der Waals surface area contributed by atoms with Gasteiger partial charge in [0, 0.05) is 5.56 Å². The zero-order valence-corrected chi connectivity index (χ0v) is 17.7. The van der Waals surface area contributed by atoms with Gasteiger partial charge in [-0.25, -0.2) is 4.79 Å². The number of hydrogen-bond donors (Lipinski definition) is 1. The van der Waals surface area contributed by atoms with E-state index in [1.54, 1.807) is 24.3 Å². The Morgan fingerprint density at radius 1 is 1.07 bits per heavy atom. The minimum absolute atomic E-state index is 0.0463. The molecule has 0 saturated carbocycles. The van der Waals surface area contributed by atoms with Crippen LogP contribution in [0.15, 0.2) is 69.3 Å². The van der Waals surface area contributed by atoms with Crippen molar-refractivity contribution in [2.75, 3.05) is 6.61 Å². The van der Waals surface area contributed by atoms with Crippen molar-refractivity contribution in [1.82, 2.24) is 4.72 Å². The van der Waals surface area contributed by atoms with Crippen LogP contribution in [0.2, 0.25) is 0 Å². The summed E-state index contributed by atoms with van der Waals surface area (Å²) < 4.78 is 33.5. The van der Waals surface area contributed by atoms with E-state index in [1.165, 1.54) is 43.3 Å². The summed E-state index contributed by atoms with van der Waals surface area (Å²) in [4.78, 5) is 24.5. The third-order valence-corrected chi connectivity index (χ3v) is 7.66. The van der Waals surface area contributed by atoms with Crippen LogP contribution in [0.3, 0.4) is 0 Å². The van der Waals surface area contributed by atoms with Gasteiger partial charge in [-0.1, -0.05) is 59.6 Å². The lowest BCUT2D eigenvalue weighted by Gasteiger charge is -2.21. The van der Waals surface area contributed by atoms with Gasteiger partial charge in [0.1, 0.15) is 0 Å². The molecule has 1 unspecified atom stereocenters. The number of sulfonamides is 1. The number of hydrogen-bond acceptors (Lipinski definition) is 5. The molecule has 28 heavy (non-hydrogen) atoms. The Morgan fingerprint density at radius 2 is 1.61 bits per heavy atom. The molecule has 1 N–H and O–H groups in total. The van der Waals surface area contributed by atoms with Crippen LogP contribution in [0.5, 0.6) is 0 Å². The van der Waals surface area contributed by atoms with E-state index < -0.39 is 36.4 Å². The van der Waals surface area contributed by atoms with Gasteiger partial charge in [0.2, 0.25) is 0 Å². The van der Waals surface area contributed by atoms with Crippen LogP contribution in [0.4, 0.5) is 0 Å². The van der Waals surface area contributed by atoms with Crippen molar-refractivity contribution in [2.24, 2.45) is 3.77 Å². The van der Waals surface area contributed by atoms with Gasteiger partial charge in [-0.2, -0.15) is 8.42 Å². The molecule has 0 radical (unpaired) electrons. The van der Waals surface area contributed by atoms with E-state index in [2.05, 4.69) is 8.49 Å². The summed E-state index contributed by atoms with van der Waals surface area (Å²) in [5.41, 5.74) is 0.209. The van der Waals surface area contributed by atoms with Crippen LogP contribution in [0.1, 0.15) is 17.3 Å². The number of ether oxygens (including phenoxy) is 1. The molecule has 0 spiro atoms. The fraction of sp³-hybridized carbons (Fsp3) is 0.176. The Hall–Kier alpha value is -1.94. The van der Waals surface area contributed by atoms with Crippen molar-refractivity contribution in [3.05, 3.63) is 66.2 Å². The zero-order valence-electron chi connectivity index (χ0n) is 14.5. The highest BCUT2D eigenvalue weighted by Crippen LogP contribution is 2.30. The number of nitrogens with one attached hydrogen (secondary N) is 1. The van der Waals surface area contributed by atoms with Crippen molar-refractivity contribution in [2.45, 2.75) is 15.5 Å². The van der Waals surface area contributed by atoms with Gasteiger partial charge < -0.3 is 4.74 Å². The molecule has 11 heteroatoms. The molecule has 0 bridgehead atoms. The molecule has 2 rings (SSSR count). The van der Waals surface area contributed by atoms with Crippen LogP contribution >= 0.6 is 23.2 Å². The van der Waals surface area contributed by atoms with E-state index in [1.807, 2.05) is 0 Å². The molecule has 7 nitrogen and oxygen atoms in total. The monoisotopic (exact) mass is 462 g/mol. The number of carbonyl (C=O) groups is 2. The van der Waals surface area contributed by atoms with Gasteiger partial charge >= 0.3 is 5.97 Å². The summed E-state index contributed by atoms with van der Waals surface area (Å²) in [6.07, 6.45) is 0. The molecule has 0 aliphatic carbocycles. The smallest absolute Gasteiger partial charge is 0.356 e. The van der Waals surface area contributed by atoms with E-state index in [0.29, 0.717) is 0 Å². The van der Waals surface area contributed by atoms with Crippen LogP contribution in [-0.2, 0) is 30.4 Å². The van der Waals surface area contributed by atoms with E-state index in [9.17, 15) is 18.0 Å². The summed E-state index contributed by atoms with van der Waals surface area (Å²) in [6.45, 7) is 1.48. The molecule has 1 amide bonds. The first-order valence-corrected chi connectivity index (χ1v) is 11.2. The molecule has 0 heterocycles. The minimum Gasteiger partial charge on any atom is -0.463 e. The van der Waals surface area contributed by atoms with Gasteiger partial charge in [0.05, 0.1) is 22.4 Å². The van der Waals surface area contributed by atoms with Crippen molar-refractivity contribution in [1.29, 1.82) is 0 Å². The minimum atomic E-state index is -4.27. The fourth-order valence-corrected chi connectivity index (χ4v) is 5.53. The van der Waals surface area contributed by atoms with Crippen LogP contribution < -0.4 is 4.72 Å². The summed E-state index contributed by atoms with van der Waals surface area (Å²) >= 11 is 12.2. The number of nitrogens with zero attached hydrogens (tertiary/aromatic N) is 1. The Labute approximate surface area is 175 Å². The third-order valence-electron chi connectivity index (χ3n) is 3.19. The molecule has 150 valence electrons. The molecule has 2 aromatic rings. The lowest BCUT2D eigenvalue weighted by Crippen LogP contribution is -2.42. The van der Waals surface area contributed by atoms with Gasteiger partial charge in [-0.3, -0.25) is 9.52 Å². The lowest BCUT2D eigenvalue weighted by atomic mass is 10.2. The average molecular weight is 463 g/mol. The predicted octanol–water partition coefficient (Wildman–Crippen LogP) is 3.22. The summed E-state index contributed by atoms with van der Waals surface area (Å²) in [5.74, 6) is -1.83. The quantitative estimate of drug-likeness (QED) is 0.502. The van der Waals surface area contributed by atoms with Gasteiger partial charge in [0.15, 0.2) is 0 Å². The van der Waals surface area contributed by atoms with E-state index >= 15 is 0 Å². The van der Waals surface area contributed by atoms with Crippen LogP contribution in [0, 0.1) is 0 Å². The van der Waals surface area contributed by atoms with Crippen LogP contribution in [0.25, 0.3) is 0 Å². The maximum Gasteiger partial charge on any atom is 0.356 e. The van der Waals surface area contributed by atoms with E-state index in [0.717, 1.165) is 0 Å². The maximum absolute atomic E-state index is 12.6. The van der Waals surface area contributed by atoms with E-state index in [4.69, 9.17) is 27.9 Å². The highest BCUT2D eigenvalue weighted by molar-refractivity contribution is 8.01. The molecule has 0 saturated heterocycles. The number of carbonyl (C=O) groups excluding carboxylic acids is 2. The summed E-state index contributed by atoms with van der Waals surface area (Å²) in [5, 5.41) is 0. The fourth-order valence-electron chi connectivity index (χ4n) is 1.89. The van der Waals surface area contributed by atoms with Gasteiger partial charge in [-0.05, 0) is 31.2 Å². The summed E-state index contributed by atoms with van der Waals surface area (Å²) in [6, 6.07) is 15.2. The van der Waals surface area contributed by atoms with Crippen molar-refractivity contribution in [3.63, 3.8) is 0 Å². The Kier molecular flexibility index (Phi) is 7.59. The van der Waals surface area contributed by atoms with Crippen molar-refractivity contribution < 1.29 is 22.7 Å². The largest absolute Gasteiger partial charge is 0.463 e. The molecule has 2 aromatic carbocycles. The van der Waals surface area contributed by atoms with E-state index in [-0.39, 0.29) is 17.1 Å². The highest BCUT2D eigenvalue weighted by atomic mass is 35.5. The molecule has 0 aliphatic heterocycles. The first-order valence-electron chi connectivity index (χ1n) is 7.87. The highest BCUT2D eigenvalue weighted by Gasteiger charge is 2.43. The second kappa shape index (κ2) is 9.51. The molecule has 1 atom stereocenters. The van der Waals surface area contributed by atoms with Crippen LogP contribution in [-0.4, -0.2) is 30.6 Å². The molecular weight excluding hydrogens is 447 g/mol. The first kappa shape index (κ1) is 22.4. The number of amides is 1. The predicted molar refractivity (Wildman–Crippen MR) is 108 cm³/mol. The molecule has 0 fully saturated rings. The number of benzene rings is 2. The molecule has 0 aromatic heterocycles. The maximum atomic E-state index is 12.6. The number of esters is 1. The van der Waals surface area contributed by atoms with Gasteiger partial charge in [-0.15, -0.1) is 3.77 Å². The third kappa shape index (κ3) is 5.54. The topological polar surface area (TPSA) is 102 Å². The van der Waals surface area contributed by atoms with Gasteiger partial charge in [0.25, 0.3) is 19.6 Å². The lowest BCUT2D eigenvalue weighted by molar-refractivity contribution is -0.141.